The number of benzene rings is 2. The van der Waals surface area contributed by atoms with Crippen LogP contribution in [0.5, 0.6) is 0 Å². The molecule has 0 aromatic heterocycles. The zero-order valence-corrected chi connectivity index (χ0v) is 15.3. The number of amides is 2. The molecule has 2 aromatic rings. The van der Waals surface area contributed by atoms with Crippen molar-refractivity contribution >= 4 is 11.8 Å². The molecule has 2 aromatic carbocycles. The van der Waals surface area contributed by atoms with E-state index in [0.717, 1.165) is 12.8 Å². The van der Waals surface area contributed by atoms with Crippen molar-refractivity contribution in [3.8, 4) is 0 Å². The fourth-order valence-electron chi connectivity index (χ4n) is 2.60. The Balaban J connectivity index is 1.88. The lowest BCUT2D eigenvalue weighted by Crippen LogP contribution is -2.28. The molecule has 0 aliphatic rings. The molecule has 0 atom stereocenters. The predicted octanol–water partition coefficient (Wildman–Crippen LogP) is 3.67. The number of halogens is 1. The molecule has 0 aliphatic heterocycles. The Morgan fingerprint density at radius 2 is 1.69 bits per heavy atom. The van der Waals surface area contributed by atoms with Crippen LogP contribution >= 0.6 is 0 Å². The number of carbonyl (C=O) groups excluding carboxylic acids is 2. The summed E-state index contributed by atoms with van der Waals surface area (Å²) < 4.78 is 13.6. The third-order valence-corrected chi connectivity index (χ3v) is 4.23. The van der Waals surface area contributed by atoms with Crippen molar-refractivity contribution in [1.82, 2.24) is 10.2 Å². The normalized spacial score (nSPS) is 10.4. The van der Waals surface area contributed by atoms with Crippen molar-refractivity contribution in [2.24, 2.45) is 0 Å². The highest BCUT2D eigenvalue weighted by atomic mass is 19.1. The summed E-state index contributed by atoms with van der Waals surface area (Å²) in [6.07, 6.45) is 2.42. The number of nitrogens with one attached hydrogen (secondary N) is 1. The molecule has 1 N–H and O–H groups in total. The highest BCUT2D eigenvalue weighted by Gasteiger charge is 2.12. The Morgan fingerprint density at radius 1 is 1.04 bits per heavy atom. The maximum atomic E-state index is 13.6. The minimum Gasteiger partial charge on any atom is -0.352 e. The highest BCUT2D eigenvalue weighted by molar-refractivity contribution is 5.97. The Hall–Kier alpha value is -2.69. The van der Waals surface area contributed by atoms with E-state index in [0.29, 0.717) is 36.2 Å². The molecule has 0 bridgehead atoms. The second-order valence-corrected chi connectivity index (χ2v) is 6.25. The number of hydrogen-bond donors (Lipinski definition) is 1. The maximum Gasteiger partial charge on any atom is 0.253 e. The van der Waals surface area contributed by atoms with Gasteiger partial charge >= 0.3 is 0 Å². The van der Waals surface area contributed by atoms with Gasteiger partial charge in [-0.05, 0) is 48.7 Å². The van der Waals surface area contributed by atoms with E-state index in [1.54, 1.807) is 54.4 Å². The van der Waals surface area contributed by atoms with Crippen LogP contribution in [-0.4, -0.2) is 36.9 Å². The average Bonchev–Trinajstić information content (AvgIpc) is 2.67. The molecule has 26 heavy (non-hydrogen) atoms. The Kier molecular flexibility index (Phi) is 7.33. The zero-order valence-electron chi connectivity index (χ0n) is 15.3. The van der Waals surface area contributed by atoms with Gasteiger partial charge in [-0.25, -0.2) is 4.39 Å². The molecule has 5 heteroatoms. The van der Waals surface area contributed by atoms with Gasteiger partial charge in [0.2, 0.25) is 0 Å². The third-order valence-electron chi connectivity index (χ3n) is 4.23. The lowest BCUT2D eigenvalue weighted by Gasteiger charge is -2.16. The van der Waals surface area contributed by atoms with Gasteiger partial charge in [-0.1, -0.05) is 31.5 Å². The monoisotopic (exact) mass is 356 g/mol. The summed E-state index contributed by atoms with van der Waals surface area (Å²) in [4.78, 5) is 26.1. The van der Waals surface area contributed by atoms with Gasteiger partial charge in [0, 0.05) is 31.3 Å². The fraction of sp³-hybridized carbons (Fsp3) is 0.333. The largest absolute Gasteiger partial charge is 0.352 e. The van der Waals surface area contributed by atoms with Crippen LogP contribution in [0.3, 0.4) is 0 Å². The first-order valence-corrected chi connectivity index (χ1v) is 8.90. The molecule has 0 radical (unpaired) electrons. The van der Waals surface area contributed by atoms with Gasteiger partial charge < -0.3 is 10.2 Å². The van der Waals surface area contributed by atoms with Gasteiger partial charge in [0.25, 0.3) is 11.8 Å². The van der Waals surface area contributed by atoms with E-state index < -0.39 is 0 Å². The van der Waals surface area contributed by atoms with Crippen LogP contribution in [0.4, 0.5) is 4.39 Å². The lowest BCUT2D eigenvalue weighted by molar-refractivity contribution is 0.0792. The summed E-state index contributed by atoms with van der Waals surface area (Å²) in [5.74, 6) is -0.554. The van der Waals surface area contributed by atoms with Crippen molar-refractivity contribution in [1.29, 1.82) is 0 Å². The minimum atomic E-state index is -0.267. The zero-order chi connectivity index (χ0) is 18.9. The van der Waals surface area contributed by atoms with Crippen LogP contribution in [0.15, 0.2) is 48.5 Å². The number of nitrogens with zero attached hydrogens (tertiary/aromatic N) is 1. The molecule has 138 valence electrons. The average molecular weight is 356 g/mol. The van der Waals surface area contributed by atoms with Gasteiger partial charge in [0.1, 0.15) is 5.82 Å². The van der Waals surface area contributed by atoms with Crippen LogP contribution in [0.1, 0.15) is 46.0 Å². The standard InChI is InChI=1S/C21H25FN2O2/c1-3-4-15-24(2)21(26)18-11-9-17(10-12-18)20(25)23-14-13-16-7-5-6-8-19(16)22/h5-12H,3-4,13-15H2,1-2H3,(H,23,25). The lowest BCUT2D eigenvalue weighted by atomic mass is 10.1. The van der Waals surface area contributed by atoms with Gasteiger partial charge in [-0.3, -0.25) is 9.59 Å². The Morgan fingerprint density at radius 3 is 2.35 bits per heavy atom. The Labute approximate surface area is 154 Å². The van der Waals surface area contributed by atoms with Crippen molar-refractivity contribution in [3.63, 3.8) is 0 Å². The summed E-state index contributed by atoms with van der Waals surface area (Å²) in [5, 5.41) is 2.77. The molecule has 2 amide bonds. The molecule has 0 saturated carbocycles. The number of hydrogen-bond acceptors (Lipinski definition) is 2. The van der Waals surface area contributed by atoms with E-state index in [4.69, 9.17) is 0 Å². The predicted molar refractivity (Wildman–Crippen MR) is 101 cm³/mol. The van der Waals surface area contributed by atoms with E-state index in [2.05, 4.69) is 12.2 Å². The second-order valence-electron chi connectivity index (χ2n) is 6.25. The Bertz CT molecular complexity index is 744. The number of rotatable bonds is 8. The van der Waals surface area contributed by atoms with Gasteiger partial charge in [0.15, 0.2) is 0 Å². The van der Waals surface area contributed by atoms with Crippen LogP contribution in [0.25, 0.3) is 0 Å². The SMILES string of the molecule is CCCCN(C)C(=O)c1ccc(C(=O)NCCc2ccccc2F)cc1. The van der Waals surface area contributed by atoms with E-state index in [9.17, 15) is 14.0 Å². The van der Waals surface area contributed by atoms with Crippen LogP contribution in [-0.2, 0) is 6.42 Å². The second kappa shape index (κ2) is 9.70. The van der Waals surface area contributed by atoms with Crippen molar-refractivity contribution in [3.05, 3.63) is 71.0 Å². The molecular formula is C21H25FN2O2. The molecule has 2 rings (SSSR count). The van der Waals surface area contributed by atoms with Crippen LogP contribution < -0.4 is 5.32 Å². The summed E-state index contributed by atoms with van der Waals surface area (Å²) in [6, 6.07) is 13.1. The van der Waals surface area contributed by atoms with Crippen LogP contribution in [0.2, 0.25) is 0 Å². The van der Waals surface area contributed by atoms with Gasteiger partial charge in [-0.15, -0.1) is 0 Å². The van der Waals surface area contributed by atoms with E-state index in [1.165, 1.54) is 6.07 Å². The maximum absolute atomic E-state index is 13.6. The highest BCUT2D eigenvalue weighted by Crippen LogP contribution is 2.09. The molecule has 0 spiro atoms. The molecule has 0 unspecified atom stereocenters. The third kappa shape index (κ3) is 5.41. The molecule has 0 saturated heterocycles. The van der Waals surface area contributed by atoms with E-state index in [1.807, 2.05) is 0 Å². The fourth-order valence-corrected chi connectivity index (χ4v) is 2.60. The summed E-state index contributed by atoms with van der Waals surface area (Å²) in [6.45, 7) is 3.14. The van der Waals surface area contributed by atoms with Crippen molar-refractivity contribution < 1.29 is 14.0 Å². The smallest absolute Gasteiger partial charge is 0.253 e. The minimum absolute atomic E-state index is 0.0510. The quantitative estimate of drug-likeness (QED) is 0.784. The molecule has 0 fully saturated rings. The molecular weight excluding hydrogens is 331 g/mol. The first kappa shape index (κ1) is 19.6. The van der Waals surface area contributed by atoms with Crippen molar-refractivity contribution in [2.45, 2.75) is 26.2 Å². The summed E-state index contributed by atoms with van der Waals surface area (Å²) in [5.41, 5.74) is 1.61. The molecule has 0 heterocycles. The topological polar surface area (TPSA) is 49.4 Å². The van der Waals surface area contributed by atoms with Crippen molar-refractivity contribution in [2.75, 3.05) is 20.1 Å². The number of unbranched alkanes of at least 4 members (excludes halogenated alkanes) is 1. The van der Waals surface area contributed by atoms with E-state index >= 15 is 0 Å². The van der Waals surface area contributed by atoms with Crippen LogP contribution in [0, 0.1) is 5.82 Å². The molecule has 0 aliphatic carbocycles. The first-order chi connectivity index (χ1) is 12.5. The number of carbonyl (C=O) groups is 2. The first-order valence-electron chi connectivity index (χ1n) is 8.90. The summed E-state index contributed by atoms with van der Waals surface area (Å²) in [7, 11) is 1.78. The van der Waals surface area contributed by atoms with Gasteiger partial charge in [0.05, 0.1) is 0 Å². The van der Waals surface area contributed by atoms with E-state index in [-0.39, 0.29) is 17.6 Å². The summed E-state index contributed by atoms with van der Waals surface area (Å²) >= 11 is 0. The van der Waals surface area contributed by atoms with Gasteiger partial charge in [-0.2, -0.15) is 0 Å². The molecule has 4 nitrogen and oxygen atoms in total.